The van der Waals surface area contributed by atoms with E-state index in [0.717, 1.165) is 16.9 Å². The number of amidine groups is 1. The molecule has 0 atom stereocenters. The van der Waals surface area contributed by atoms with E-state index >= 15 is 0 Å². The van der Waals surface area contributed by atoms with E-state index in [1.165, 1.54) is 0 Å². The lowest BCUT2D eigenvalue weighted by molar-refractivity contribution is 0.319. The van der Waals surface area contributed by atoms with Crippen LogP contribution in [0.25, 0.3) is 0 Å². The van der Waals surface area contributed by atoms with Gasteiger partial charge in [0.05, 0.1) is 17.6 Å². The van der Waals surface area contributed by atoms with Gasteiger partial charge in [0.15, 0.2) is 5.84 Å². The Hall–Kier alpha value is -2.63. The van der Waals surface area contributed by atoms with Gasteiger partial charge in [0.1, 0.15) is 12.4 Å². The maximum absolute atomic E-state index is 8.75. The second-order valence-electron chi connectivity index (χ2n) is 3.91. The van der Waals surface area contributed by atoms with Crippen LogP contribution in [0.2, 0.25) is 0 Å². The normalized spacial score (nSPS) is 17.8. The molecular weight excluding hydrogens is 230 g/mol. The average molecular weight is 241 g/mol. The number of nitrogens with two attached hydrogens (primary N) is 1. The Morgan fingerprint density at radius 3 is 3.06 bits per heavy atom. The average Bonchev–Trinajstić information content (AvgIpc) is 2.74. The van der Waals surface area contributed by atoms with Gasteiger partial charge in [-0.15, -0.1) is 0 Å². The van der Waals surface area contributed by atoms with Gasteiger partial charge in [-0.05, 0) is 6.07 Å². The highest BCUT2D eigenvalue weighted by Crippen LogP contribution is 2.28. The zero-order chi connectivity index (χ0) is 12.5. The number of fused-ring (bicyclic) bond motifs is 3. The third kappa shape index (κ3) is 1.46. The van der Waals surface area contributed by atoms with Gasteiger partial charge in [0, 0.05) is 11.8 Å². The Morgan fingerprint density at radius 1 is 1.39 bits per heavy atom. The molecule has 0 aromatic heterocycles. The fourth-order valence-corrected chi connectivity index (χ4v) is 2.05. The lowest BCUT2D eigenvalue weighted by Gasteiger charge is -2.19. The summed E-state index contributed by atoms with van der Waals surface area (Å²) >= 11 is 0. The summed E-state index contributed by atoms with van der Waals surface area (Å²) < 4.78 is 0. The van der Waals surface area contributed by atoms with E-state index in [1.807, 2.05) is 29.2 Å². The Labute approximate surface area is 103 Å². The van der Waals surface area contributed by atoms with E-state index in [1.54, 1.807) is 12.4 Å². The molecule has 18 heavy (non-hydrogen) atoms. The third-order valence-corrected chi connectivity index (χ3v) is 2.89. The molecule has 2 aliphatic rings. The maximum atomic E-state index is 8.75. The highest BCUT2D eigenvalue weighted by molar-refractivity contribution is 6.48. The molecule has 3 rings (SSSR count). The van der Waals surface area contributed by atoms with E-state index in [-0.39, 0.29) is 5.84 Å². The lowest BCUT2D eigenvalue weighted by atomic mass is 10.1. The van der Waals surface area contributed by atoms with Crippen LogP contribution in [-0.2, 0) is 0 Å². The molecule has 6 heteroatoms. The van der Waals surface area contributed by atoms with Crippen LogP contribution >= 0.6 is 0 Å². The minimum atomic E-state index is -0.00155. The van der Waals surface area contributed by atoms with E-state index in [9.17, 15) is 0 Å². The molecule has 0 amide bonds. The van der Waals surface area contributed by atoms with E-state index in [2.05, 4.69) is 15.1 Å². The molecule has 0 saturated heterocycles. The summed E-state index contributed by atoms with van der Waals surface area (Å²) in [7, 11) is 0. The topological polar surface area (TPSA) is 86.6 Å². The molecular formula is C12H11N5O. The molecule has 0 fully saturated rings. The number of para-hydroxylation sites is 1. The summed E-state index contributed by atoms with van der Waals surface area (Å²) in [5.74, 6) is -0.00155. The number of hydrogen-bond donors (Lipinski definition) is 2. The molecule has 3 N–H and O–H groups in total. The number of hydrogen-bond acceptors (Lipinski definition) is 5. The Morgan fingerprint density at radius 2 is 2.22 bits per heavy atom. The van der Waals surface area contributed by atoms with Crippen LogP contribution in [0, 0.1) is 0 Å². The van der Waals surface area contributed by atoms with Crippen LogP contribution in [0.4, 0.5) is 5.69 Å². The van der Waals surface area contributed by atoms with Gasteiger partial charge in [0.2, 0.25) is 0 Å². The number of benzene rings is 1. The van der Waals surface area contributed by atoms with Gasteiger partial charge in [-0.1, -0.05) is 23.4 Å². The van der Waals surface area contributed by atoms with Crippen molar-refractivity contribution < 1.29 is 5.21 Å². The first-order valence-corrected chi connectivity index (χ1v) is 5.44. The zero-order valence-electron chi connectivity index (χ0n) is 9.48. The molecule has 0 radical (unpaired) electrons. The monoisotopic (exact) mass is 241 g/mol. The van der Waals surface area contributed by atoms with Gasteiger partial charge < -0.3 is 15.8 Å². The first kappa shape index (κ1) is 10.5. The van der Waals surface area contributed by atoms with Crippen LogP contribution in [-0.4, -0.2) is 29.6 Å². The van der Waals surface area contributed by atoms with Crippen LogP contribution in [0.15, 0.2) is 51.3 Å². The largest absolute Gasteiger partial charge is 0.409 e. The van der Waals surface area contributed by atoms with Crippen LogP contribution in [0.5, 0.6) is 0 Å². The van der Waals surface area contributed by atoms with Crippen molar-refractivity contribution in [3.8, 4) is 0 Å². The second-order valence-corrected chi connectivity index (χ2v) is 3.91. The number of aliphatic imine (C=N–C) groups is 2. The fraction of sp³-hybridized carbons (Fsp3) is 0.0833. The molecule has 2 aliphatic heterocycles. The van der Waals surface area contributed by atoms with Crippen molar-refractivity contribution in [1.29, 1.82) is 0 Å². The number of rotatable bonds is 1. The predicted octanol–water partition coefficient (Wildman–Crippen LogP) is 0.925. The Kier molecular flexibility index (Phi) is 2.33. The molecule has 6 nitrogen and oxygen atoms in total. The van der Waals surface area contributed by atoms with Gasteiger partial charge >= 0.3 is 0 Å². The van der Waals surface area contributed by atoms with Gasteiger partial charge in [-0.3, -0.25) is 9.98 Å². The molecule has 0 spiro atoms. The SMILES string of the molecule is NC(=NO)C1=NCN2C1=CN=Cc1ccccc12. The molecule has 0 saturated carbocycles. The number of nitrogens with zero attached hydrogens (tertiary/aromatic N) is 4. The highest BCUT2D eigenvalue weighted by Gasteiger charge is 2.28. The smallest absolute Gasteiger partial charge is 0.190 e. The van der Waals surface area contributed by atoms with Crippen molar-refractivity contribution in [1.82, 2.24) is 0 Å². The van der Waals surface area contributed by atoms with Crippen molar-refractivity contribution in [2.45, 2.75) is 0 Å². The first-order valence-electron chi connectivity index (χ1n) is 5.44. The van der Waals surface area contributed by atoms with Crippen molar-refractivity contribution in [3.05, 3.63) is 41.7 Å². The van der Waals surface area contributed by atoms with E-state index < -0.39 is 0 Å². The fourth-order valence-electron chi connectivity index (χ4n) is 2.05. The summed E-state index contributed by atoms with van der Waals surface area (Å²) in [5.41, 5.74) is 8.83. The molecule has 90 valence electrons. The second kappa shape index (κ2) is 3.99. The molecule has 0 unspecified atom stereocenters. The van der Waals surface area contributed by atoms with Crippen molar-refractivity contribution in [3.63, 3.8) is 0 Å². The standard InChI is InChI=1S/C12H11N5O/c13-12(16-18)11-10-6-14-5-8-3-1-2-4-9(8)17(10)7-15-11/h1-6,18H,7H2,(H2,13,16). The van der Waals surface area contributed by atoms with Crippen molar-refractivity contribution >= 4 is 23.4 Å². The van der Waals surface area contributed by atoms with Crippen LogP contribution in [0.3, 0.4) is 0 Å². The van der Waals surface area contributed by atoms with Crippen molar-refractivity contribution in [2.75, 3.05) is 11.6 Å². The number of oxime groups is 1. The van der Waals surface area contributed by atoms with Gasteiger partial charge in [-0.25, -0.2) is 0 Å². The summed E-state index contributed by atoms with van der Waals surface area (Å²) in [4.78, 5) is 10.5. The Bertz CT molecular complexity index is 615. The number of anilines is 1. The first-order chi connectivity index (χ1) is 8.81. The summed E-state index contributed by atoms with van der Waals surface area (Å²) in [5, 5.41) is 11.7. The molecule has 0 aliphatic carbocycles. The minimum absolute atomic E-state index is 0.00155. The van der Waals surface area contributed by atoms with Crippen molar-refractivity contribution in [2.24, 2.45) is 20.9 Å². The van der Waals surface area contributed by atoms with Gasteiger partial charge in [0.25, 0.3) is 0 Å². The highest BCUT2D eigenvalue weighted by atomic mass is 16.4. The maximum Gasteiger partial charge on any atom is 0.190 e. The summed E-state index contributed by atoms with van der Waals surface area (Å²) in [6, 6.07) is 7.89. The predicted molar refractivity (Wildman–Crippen MR) is 70.3 cm³/mol. The molecule has 1 aromatic carbocycles. The van der Waals surface area contributed by atoms with Crippen LogP contribution < -0.4 is 10.6 Å². The molecule has 0 bridgehead atoms. The quantitative estimate of drug-likeness (QED) is 0.332. The lowest BCUT2D eigenvalue weighted by Crippen LogP contribution is -2.28. The van der Waals surface area contributed by atoms with Gasteiger partial charge in [-0.2, -0.15) is 0 Å². The minimum Gasteiger partial charge on any atom is -0.409 e. The Balaban J connectivity index is 2.09. The summed E-state index contributed by atoms with van der Waals surface area (Å²) in [6.45, 7) is 0.442. The van der Waals surface area contributed by atoms with E-state index in [0.29, 0.717) is 12.4 Å². The molecule has 1 aromatic rings. The van der Waals surface area contributed by atoms with Crippen LogP contribution in [0.1, 0.15) is 5.56 Å². The zero-order valence-corrected chi connectivity index (χ0v) is 9.48. The molecule has 2 heterocycles. The third-order valence-electron chi connectivity index (χ3n) is 2.89. The van der Waals surface area contributed by atoms with E-state index in [4.69, 9.17) is 10.9 Å². The summed E-state index contributed by atoms with van der Waals surface area (Å²) in [6.07, 6.45) is 3.45.